The average molecular weight is 443 g/mol. The summed E-state index contributed by atoms with van der Waals surface area (Å²) in [6.45, 7) is 4.02. The lowest BCUT2D eigenvalue weighted by atomic mass is 10.00. The summed E-state index contributed by atoms with van der Waals surface area (Å²) in [5.41, 5.74) is 1.78. The highest BCUT2D eigenvalue weighted by Crippen LogP contribution is 2.09. The minimum Gasteiger partial charge on any atom is -0.445 e. The molecule has 7 heteroatoms. The summed E-state index contributed by atoms with van der Waals surface area (Å²) in [7, 11) is 0. The van der Waals surface area contributed by atoms with Crippen molar-refractivity contribution in [2.24, 2.45) is 5.92 Å². The number of carbonyl (C=O) groups is 3. The lowest BCUT2D eigenvalue weighted by Crippen LogP contribution is -2.53. The number of amides is 2. The lowest BCUT2D eigenvalue weighted by Gasteiger charge is -2.23. The van der Waals surface area contributed by atoms with Gasteiger partial charge >= 0.3 is 6.09 Å². The third kappa shape index (κ3) is 8.84. The van der Waals surface area contributed by atoms with Crippen LogP contribution in [0.5, 0.6) is 0 Å². The number of ether oxygens (including phenoxy) is 1. The number of alkyl carbamates (subject to hydrolysis) is 1. The van der Waals surface area contributed by atoms with Crippen molar-refractivity contribution in [2.45, 2.75) is 45.4 Å². The molecule has 0 radical (unpaired) electrons. The number of rotatable bonds is 11. The monoisotopic (exact) mass is 442 g/mol. The number of hydrogen-bond acceptors (Lipinski definition) is 5. The molecule has 31 heavy (non-hydrogen) atoms. The maximum Gasteiger partial charge on any atom is 0.408 e. The van der Waals surface area contributed by atoms with E-state index in [2.05, 4.69) is 23.3 Å². The predicted molar refractivity (Wildman–Crippen MR) is 124 cm³/mol. The lowest BCUT2D eigenvalue weighted by molar-refractivity contribution is -0.128. The number of ketones is 1. The van der Waals surface area contributed by atoms with Gasteiger partial charge in [-0.2, -0.15) is 12.6 Å². The Labute approximate surface area is 189 Å². The SMILES string of the molecule is CC(C)CC(NC(=O)OCc1ccccc1)C(=O)NC(Cc1ccccc1)C(=O)CS. The van der Waals surface area contributed by atoms with Crippen LogP contribution in [0.4, 0.5) is 4.79 Å². The van der Waals surface area contributed by atoms with Crippen molar-refractivity contribution in [3.05, 3.63) is 71.8 Å². The van der Waals surface area contributed by atoms with Crippen LogP contribution in [0, 0.1) is 5.92 Å². The molecule has 2 unspecified atom stereocenters. The van der Waals surface area contributed by atoms with Gasteiger partial charge in [0.05, 0.1) is 11.8 Å². The van der Waals surface area contributed by atoms with E-state index >= 15 is 0 Å². The van der Waals surface area contributed by atoms with Crippen LogP contribution in [-0.4, -0.2) is 35.6 Å². The highest BCUT2D eigenvalue weighted by atomic mass is 32.1. The predicted octanol–water partition coefficient (Wildman–Crippen LogP) is 3.55. The highest BCUT2D eigenvalue weighted by Gasteiger charge is 2.27. The van der Waals surface area contributed by atoms with Crippen molar-refractivity contribution in [1.82, 2.24) is 10.6 Å². The molecule has 2 amide bonds. The number of benzene rings is 2. The van der Waals surface area contributed by atoms with Gasteiger partial charge in [0.25, 0.3) is 0 Å². The summed E-state index contributed by atoms with van der Waals surface area (Å²) < 4.78 is 5.25. The van der Waals surface area contributed by atoms with E-state index in [1.807, 2.05) is 74.5 Å². The quantitative estimate of drug-likeness (QED) is 0.465. The highest BCUT2D eigenvalue weighted by molar-refractivity contribution is 7.81. The molecule has 2 aromatic rings. The number of carbonyl (C=O) groups excluding carboxylic acids is 3. The first-order valence-corrected chi connectivity index (χ1v) is 11.0. The first kappa shape index (κ1) is 24.5. The van der Waals surface area contributed by atoms with Gasteiger partial charge in [-0.3, -0.25) is 9.59 Å². The van der Waals surface area contributed by atoms with Gasteiger partial charge in [0.1, 0.15) is 12.6 Å². The maximum absolute atomic E-state index is 13.0. The van der Waals surface area contributed by atoms with Gasteiger partial charge in [-0.15, -0.1) is 0 Å². The van der Waals surface area contributed by atoms with Gasteiger partial charge < -0.3 is 15.4 Å². The standard InChI is InChI=1S/C24H30N2O4S/c1-17(2)13-21(26-24(29)30-15-19-11-7-4-8-12-19)23(28)25-20(22(27)16-31)14-18-9-5-3-6-10-18/h3-12,17,20-21,31H,13-16H2,1-2H3,(H,25,28)(H,26,29). The van der Waals surface area contributed by atoms with Gasteiger partial charge in [-0.25, -0.2) is 4.79 Å². The summed E-state index contributed by atoms with van der Waals surface area (Å²) in [5.74, 6) is -0.436. The zero-order chi connectivity index (χ0) is 22.6. The Hall–Kier alpha value is -2.80. The molecule has 0 aliphatic heterocycles. The molecule has 2 atom stereocenters. The largest absolute Gasteiger partial charge is 0.445 e. The first-order chi connectivity index (χ1) is 14.9. The number of hydrogen-bond donors (Lipinski definition) is 3. The third-order valence-electron chi connectivity index (χ3n) is 4.67. The van der Waals surface area contributed by atoms with E-state index in [1.54, 1.807) is 0 Å². The zero-order valence-corrected chi connectivity index (χ0v) is 18.8. The van der Waals surface area contributed by atoms with Crippen LogP contribution in [-0.2, 0) is 27.4 Å². The zero-order valence-electron chi connectivity index (χ0n) is 17.9. The van der Waals surface area contributed by atoms with Crippen molar-refractivity contribution < 1.29 is 19.1 Å². The minimum absolute atomic E-state index is 0.0131. The topological polar surface area (TPSA) is 84.5 Å². The molecule has 0 saturated carbocycles. The molecule has 0 spiro atoms. The molecule has 0 saturated heterocycles. The molecule has 0 aromatic heterocycles. The smallest absolute Gasteiger partial charge is 0.408 e. The van der Waals surface area contributed by atoms with Crippen molar-refractivity contribution >= 4 is 30.4 Å². The van der Waals surface area contributed by atoms with E-state index in [0.717, 1.165) is 11.1 Å². The molecule has 2 rings (SSSR count). The van der Waals surface area contributed by atoms with Crippen LogP contribution in [0.3, 0.4) is 0 Å². The van der Waals surface area contributed by atoms with E-state index in [9.17, 15) is 14.4 Å². The van der Waals surface area contributed by atoms with Crippen LogP contribution in [0.2, 0.25) is 0 Å². The van der Waals surface area contributed by atoms with Gasteiger partial charge in [-0.05, 0) is 29.9 Å². The molecule has 166 valence electrons. The summed E-state index contributed by atoms with van der Waals surface area (Å²) >= 11 is 4.08. The van der Waals surface area contributed by atoms with Crippen LogP contribution in [0.25, 0.3) is 0 Å². The Bertz CT molecular complexity index is 843. The van der Waals surface area contributed by atoms with Crippen LogP contribution >= 0.6 is 12.6 Å². The van der Waals surface area contributed by atoms with Crippen LogP contribution < -0.4 is 10.6 Å². The average Bonchev–Trinajstić information content (AvgIpc) is 2.77. The molecular weight excluding hydrogens is 412 g/mol. The van der Waals surface area contributed by atoms with Crippen molar-refractivity contribution in [2.75, 3.05) is 5.75 Å². The molecular formula is C24H30N2O4S. The Morgan fingerprint density at radius 3 is 2.00 bits per heavy atom. The molecule has 2 N–H and O–H groups in total. The van der Waals surface area contributed by atoms with E-state index in [1.165, 1.54) is 0 Å². The van der Waals surface area contributed by atoms with Crippen LogP contribution in [0.1, 0.15) is 31.4 Å². The second-order valence-electron chi connectivity index (χ2n) is 7.76. The summed E-state index contributed by atoms with van der Waals surface area (Å²) in [4.78, 5) is 37.6. The Kier molecular flexibility index (Phi) is 10.1. The molecule has 0 aliphatic carbocycles. The second kappa shape index (κ2) is 12.8. The Balaban J connectivity index is 2.01. The first-order valence-electron chi connectivity index (χ1n) is 10.3. The summed E-state index contributed by atoms with van der Waals surface area (Å²) in [6, 6.07) is 17.2. The Morgan fingerprint density at radius 2 is 1.45 bits per heavy atom. The summed E-state index contributed by atoms with van der Waals surface area (Å²) in [5, 5.41) is 5.43. The van der Waals surface area contributed by atoms with Crippen molar-refractivity contribution in [1.29, 1.82) is 0 Å². The molecule has 2 aromatic carbocycles. The molecule has 6 nitrogen and oxygen atoms in total. The van der Waals surface area contributed by atoms with Crippen LogP contribution in [0.15, 0.2) is 60.7 Å². The normalized spacial score (nSPS) is 12.6. The number of nitrogens with one attached hydrogen (secondary N) is 2. The molecule has 0 heterocycles. The molecule has 0 aliphatic rings. The number of Topliss-reactive ketones (excluding diaryl/α,β-unsaturated/α-hetero) is 1. The fraction of sp³-hybridized carbons (Fsp3) is 0.375. The fourth-order valence-corrected chi connectivity index (χ4v) is 3.31. The fourth-order valence-electron chi connectivity index (χ4n) is 3.09. The maximum atomic E-state index is 13.0. The van der Waals surface area contributed by atoms with E-state index in [4.69, 9.17) is 4.74 Å². The van der Waals surface area contributed by atoms with Crippen molar-refractivity contribution in [3.8, 4) is 0 Å². The summed E-state index contributed by atoms with van der Waals surface area (Å²) in [6.07, 6.45) is 0.0999. The minimum atomic E-state index is -0.811. The van der Waals surface area contributed by atoms with Gasteiger partial charge in [0.15, 0.2) is 5.78 Å². The molecule has 0 bridgehead atoms. The van der Waals surface area contributed by atoms with Gasteiger partial charge in [-0.1, -0.05) is 74.5 Å². The van der Waals surface area contributed by atoms with E-state index < -0.39 is 24.1 Å². The third-order valence-corrected chi connectivity index (χ3v) is 4.98. The Morgan fingerprint density at radius 1 is 0.871 bits per heavy atom. The second-order valence-corrected chi connectivity index (χ2v) is 8.08. The van der Waals surface area contributed by atoms with E-state index in [-0.39, 0.29) is 24.1 Å². The molecule has 0 fully saturated rings. The van der Waals surface area contributed by atoms with Crippen molar-refractivity contribution in [3.63, 3.8) is 0 Å². The van der Waals surface area contributed by atoms with Gasteiger partial charge in [0.2, 0.25) is 5.91 Å². The van der Waals surface area contributed by atoms with Gasteiger partial charge in [0, 0.05) is 0 Å². The van der Waals surface area contributed by atoms with E-state index in [0.29, 0.717) is 12.8 Å². The number of thiol groups is 1.